The van der Waals surface area contributed by atoms with Gasteiger partial charge in [-0.25, -0.2) is 4.52 Å². The number of carbonyl (C=O) groups excluding carboxylic acids is 1. The van der Waals surface area contributed by atoms with Crippen molar-refractivity contribution in [3.05, 3.63) is 30.4 Å². The van der Waals surface area contributed by atoms with Crippen molar-refractivity contribution in [2.24, 2.45) is 0 Å². The SMILES string of the molecule is O=C(NC1CCCCCC1Cl)c1cnn2ccncc12. The Kier molecular flexibility index (Phi) is 3.87. The van der Waals surface area contributed by atoms with Gasteiger partial charge in [0.1, 0.15) is 0 Å². The first-order valence-electron chi connectivity index (χ1n) is 6.98. The van der Waals surface area contributed by atoms with E-state index in [2.05, 4.69) is 15.4 Å². The van der Waals surface area contributed by atoms with Gasteiger partial charge in [-0.3, -0.25) is 9.78 Å². The second-order valence-electron chi connectivity index (χ2n) is 5.20. The molecule has 1 aliphatic rings. The van der Waals surface area contributed by atoms with Crippen LogP contribution in [0.15, 0.2) is 24.8 Å². The highest BCUT2D eigenvalue weighted by molar-refractivity contribution is 6.21. The average Bonchev–Trinajstić information content (AvgIpc) is 2.79. The highest BCUT2D eigenvalue weighted by Gasteiger charge is 2.24. The third-order valence-corrected chi connectivity index (χ3v) is 4.34. The molecule has 0 aliphatic heterocycles. The molecule has 1 amide bonds. The van der Waals surface area contributed by atoms with Crippen LogP contribution in [0.4, 0.5) is 0 Å². The van der Waals surface area contributed by atoms with E-state index in [1.54, 1.807) is 29.3 Å². The van der Waals surface area contributed by atoms with Gasteiger partial charge in [-0.05, 0) is 12.8 Å². The van der Waals surface area contributed by atoms with Gasteiger partial charge in [-0.15, -0.1) is 11.6 Å². The Morgan fingerprint density at radius 3 is 3.05 bits per heavy atom. The van der Waals surface area contributed by atoms with E-state index in [4.69, 9.17) is 11.6 Å². The summed E-state index contributed by atoms with van der Waals surface area (Å²) in [5, 5.41) is 7.22. The first-order chi connectivity index (χ1) is 9.75. The zero-order chi connectivity index (χ0) is 13.9. The molecule has 1 N–H and O–H groups in total. The van der Waals surface area contributed by atoms with Crippen LogP contribution in [-0.4, -0.2) is 31.9 Å². The number of nitrogens with one attached hydrogen (secondary N) is 1. The lowest BCUT2D eigenvalue weighted by Crippen LogP contribution is -2.40. The zero-order valence-corrected chi connectivity index (χ0v) is 11.9. The van der Waals surface area contributed by atoms with Gasteiger partial charge in [0.15, 0.2) is 0 Å². The molecule has 6 heteroatoms. The third kappa shape index (κ3) is 2.63. The van der Waals surface area contributed by atoms with Gasteiger partial charge < -0.3 is 5.32 Å². The molecule has 0 spiro atoms. The molecule has 20 heavy (non-hydrogen) atoms. The second kappa shape index (κ2) is 5.79. The molecule has 0 bridgehead atoms. The lowest BCUT2D eigenvalue weighted by atomic mass is 10.1. The molecule has 2 aromatic rings. The first kappa shape index (κ1) is 13.4. The Morgan fingerprint density at radius 2 is 2.15 bits per heavy atom. The van der Waals surface area contributed by atoms with E-state index >= 15 is 0 Å². The fourth-order valence-electron chi connectivity index (χ4n) is 2.68. The average molecular weight is 293 g/mol. The molecule has 1 fully saturated rings. The van der Waals surface area contributed by atoms with Gasteiger partial charge in [0, 0.05) is 18.4 Å². The standard InChI is InChI=1S/C14H17ClN4O/c15-11-4-2-1-3-5-12(11)18-14(20)10-8-17-19-7-6-16-9-13(10)19/h6-9,11-12H,1-5H2,(H,18,20). The largest absolute Gasteiger partial charge is 0.348 e. The highest BCUT2D eigenvalue weighted by atomic mass is 35.5. The van der Waals surface area contributed by atoms with Crippen LogP contribution in [0.5, 0.6) is 0 Å². The van der Waals surface area contributed by atoms with Crippen molar-refractivity contribution in [3.8, 4) is 0 Å². The van der Waals surface area contributed by atoms with Gasteiger partial charge in [0.05, 0.1) is 28.9 Å². The summed E-state index contributed by atoms with van der Waals surface area (Å²) in [6.45, 7) is 0. The molecule has 0 saturated heterocycles. The minimum absolute atomic E-state index is 0.0152. The number of alkyl halides is 1. The smallest absolute Gasteiger partial charge is 0.255 e. The van der Waals surface area contributed by atoms with Gasteiger partial charge in [-0.1, -0.05) is 19.3 Å². The quantitative estimate of drug-likeness (QED) is 0.683. The van der Waals surface area contributed by atoms with Gasteiger partial charge in [0.2, 0.25) is 0 Å². The normalized spacial score (nSPS) is 23.4. The number of amides is 1. The van der Waals surface area contributed by atoms with Crippen LogP contribution in [0.3, 0.4) is 0 Å². The Balaban J connectivity index is 1.78. The third-order valence-electron chi connectivity index (χ3n) is 3.82. The van der Waals surface area contributed by atoms with Crippen molar-refractivity contribution in [3.63, 3.8) is 0 Å². The molecule has 5 nitrogen and oxygen atoms in total. The molecule has 0 radical (unpaired) electrons. The minimum Gasteiger partial charge on any atom is -0.348 e. The molecule has 1 aliphatic carbocycles. The van der Waals surface area contributed by atoms with Crippen LogP contribution in [0, 0.1) is 0 Å². The molecular formula is C14H17ClN4O. The molecular weight excluding hydrogens is 276 g/mol. The van der Waals surface area contributed by atoms with E-state index in [1.165, 1.54) is 6.42 Å². The fraction of sp³-hybridized carbons (Fsp3) is 0.500. The number of fused-ring (bicyclic) bond motifs is 1. The van der Waals surface area contributed by atoms with Crippen LogP contribution < -0.4 is 5.32 Å². The maximum atomic E-state index is 12.4. The Hall–Kier alpha value is -1.62. The van der Waals surface area contributed by atoms with Crippen LogP contribution in [0.25, 0.3) is 5.52 Å². The van der Waals surface area contributed by atoms with Crippen LogP contribution in [-0.2, 0) is 0 Å². The number of carbonyl (C=O) groups is 1. The number of hydrogen-bond acceptors (Lipinski definition) is 3. The molecule has 106 valence electrons. The van der Waals surface area contributed by atoms with Gasteiger partial charge in [0.25, 0.3) is 5.91 Å². The van der Waals surface area contributed by atoms with E-state index in [-0.39, 0.29) is 17.3 Å². The van der Waals surface area contributed by atoms with Crippen LogP contribution >= 0.6 is 11.6 Å². The summed E-state index contributed by atoms with van der Waals surface area (Å²) in [6.07, 6.45) is 11.9. The van der Waals surface area contributed by atoms with E-state index in [0.717, 1.165) is 25.7 Å². The molecule has 2 heterocycles. The van der Waals surface area contributed by atoms with E-state index < -0.39 is 0 Å². The summed E-state index contributed by atoms with van der Waals surface area (Å²) < 4.78 is 1.65. The summed E-state index contributed by atoms with van der Waals surface area (Å²) in [4.78, 5) is 16.4. The van der Waals surface area contributed by atoms with Crippen molar-refractivity contribution < 1.29 is 4.79 Å². The van der Waals surface area contributed by atoms with Crippen molar-refractivity contribution in [2.75, 3.05) is 0 Å². The highest BCUT2D eigenvalue weighted by Crippen LogP contribution is 2.23. The molecule has 1 saturated carbocycles. The lowest BCUT2D eigenvalue weighted by molar-refractivity contribution is 0.0935. The summed E-state index contributed by atoms with van der Waals surface area (Å²) in [6, 6.07) is 0.0401. The summed E-state index contributed by atoms with van der Waals surface area (Å²) >= 11 is 6.36. The van der Waals surface area contributed by atoms with Crippen molar-refractivity contribution in [1.82, 2.24) is 19.9 Å². The molecule has 2 aromatic heterocycles. The molecule has 2 unspecified atom stereocenters. The van der Waals surface area contributed by atoms with Gasteiger partial charge >= 0.3 is 0 Å². The Bertz CT molecular complexity index is 612. The molecule has 0 aromatic carbocycles. The fourth-order valence-corrected chi connectivity index (χ4v) is 3.02. The number of aromatic nitrogens is 3. The first-order valence-corrected chi connectivity index (χ1v) is 7.41. The van der Waals surface area contributed by atoms with Crippen molar-refractivity contribution in [1.29, 1.82) is 0 Å². The van der Waals surface area contributed by atoms with Crippen molar-refractivity contribution in [2.45, 2.75) is 43.5 Å². The zero-order valence-electron chi connectivity index (χ0n) is 11.1. The molecule has 3 rings (SSSR count). The van der Waals surface area contributed by atoms with E-state index in [1.807, 2.05) is 0 Å². The molecule has 2 atom stereocenters. The summed E-state index contributed by atoms with van der Waals surface area (Å²) in [7, 11) is 0. The lowest BCUT2D eigenvalue weighted by Gasteiger charge is -2.20. The van der Waals surface area contributed by atoms with Crippen LogP contribution in [0.1, 0.15) is 42.5 Å². The number of nitrogens with zero attached hydrogens (tertiary/aromatic N) is 3. The van der Waals surface area contributed by atoms with Crippen molar-refractivity contribution >= 4 is 23.0 Å². The maximum Gasteiger partial charge on any atom is 0.255 e. The number of rotatable bonds is 2. The maximum absolute atomic E-state index is 12.4. The van der Waals surface area contributed by atoms with E-state index in [0.29, 0.717) is 11.1 Å². The topological polar surface area (TPSA) is 59.3 Å². The van der Waals surface area contributed by atoms with Crippen LogP contribution in [0.2, 0.25) is 0 Å². The Labute approximate surface area is 122 Å². The predicted octanol–water partition coefficient (Wildman–Crippen LogP) is 2.40. The number of halogens is 1. The number of hydrogen-bond donors (Lipinski definition) is 1. The second-order valence-corrected chi connectivity index (χ2v) is 5.76. The monoisotopic (exact) mass is 292 g/mol. The Morgan fingerprint density at radius 1 is 1.30 bits per heavy atom. The predicted molar refractivity (Wildman–Crippen MR) is 77.0 cm³/mol. The minimum atomic E-state index is -0.120. The van der Waals surface area contributed by atoms with Gasteiger partial charge in [-0.2, -0.15) is 5.10 Å². The summed E-state index contributed by atoms with van der Waals surface area (Å²) in [5.74, 6) is -0.120. The van der Waals surface area contributed by atoms with E-state index in [9.17, 15) is 4.79 Å². The summed E-state index contributed by atoms with van der Waals surface area (Å²) in [5.41, 5.74) is 1.26.